The van der Waals surface area contributed by atoms with Gasteiger partial charge in [-0.15, -0.1) is 11.3 Å². The van der Waals surface area contributed by atoms with Crippen molar-refractivity contribution in [3.05, 3.63) is 45.2 Å². The van der Waals surface area contributed by atoms with Crippen molar-refractivity contribution in [1.29, 1.82) is 0 Å². The van der Waals surface area contributed by atoms with Crippen molar-refractivity contribution < 1.29 is 4.79 Å². The maximum atomic E-state index is 12.0. The second kappa shape index (κ2) is 5.90. The largest absolute Gasteiger partial charge is 0.347 e. The molecule has 0 aliphatic rings. The molecule has 5 nitrogen and oxygen atoms in total. The van der Waals surface area contributed by atoms with Gasteiger partial charge in [-0.2, -0.15) is 0 Å². The number of rotatable bonds is 4. The SMILES string of the molecule is Cc1ncc(CNC(=O)c2cnc(CN)cc2C)s1. The fraction of sp³-hybridized carbons (Fsp3) is 0.308. The average molecular weight is 276 g/mol. The zero-order chi connectivity index (χ0) is 13.8. The molecule has 0 saturated carbocycles. The van der Waals surface area contributed by atoms with Crippen LogP contribution in [0.1, 0.15) is 31.5 Å². The Kier molecular flexibility index (Phi) is 4.24. The van der Waals surface area contributed by atoms with Crippen LogP contribution < -0.4 is 11.1 Å². The number of pyridine rings is 1. The van der Waals surface area contributed by atoms with E-state index in [9.17, 15) is 4.79 Å². The van der Waals surface area contributed by atoms with Gasteiger partial charge in [0.15, 0.2) is 0 Å². The molecule has 0 aliphatic carbocycles. The number of nitrogens with zero attached hydrogens (tertiary/aromatic N) is 2. The van der Waals surface area contributed by atoms with E-state index in [1.807, 2.05) is 19.9 Å². The second-order valence-corrected chi connectivity index (χ2v) is 5.54. The molecule has 19 heavy (non-hydrogen) atoms. The lowest BCUT2D eigenvalue weighted by molar-refractivity contribution is 0.0950. The summed E-state index contributed by atoms with van der Waals surface area (Å²) in [5.74, 6) is -0.125. The minimum Gasteiger partial charge on any atom is -0.347 e. The summed E-state index contributed by atoms with van der Waals surface area (Å²) in [7, 11) is 0. The molecule has 100 valence electrons. The molecule has 0 aromatic carbocycles. The molecule has 2 heterocycles. The van der Waals surface area contributed by atoms with Crippen molar-refractivity contribution in [3.8, 4) is 0 Å². The summed E-state index contributed by atoms with van der Waals surface area (Å²) in [4.78, 5) is 21.4. The van der Waals surface area contributed by atoms with Crippen molar-refractivity contribution in [1.82, 2.24) is 15.3 Å². The lowest BCUT2D eigenvalue weighted by atomic mass is 10.1. The van der Waals surface area contributed by atoms with Gasteiger partial charge in [0.05, 0.1) is 22.8 Å². The van der Waals surface area contributed by atoms with Crippen LogP contribution in [0.3, 0.4) is 0 Å². The highest BCUT2D eigenvalue weighted by Crippen LogP contribution is 2.12. The number of nitrogens with two attached hydrogens (primary N) is 1. The number of carbonyl (C=O) groups excluding carboxylic acids is 1. The minimum absolute atomic E-state index is 0.125. The summed E-state index contributed by atoms with van der Waals surface area (Å²) in [6, 6.07) is 1.84. The Labute approximate surface area is 115 Å². The van der Waals surface area contributed by atoms with Crippen molar-refractivity contribution >= 4 is 17.2 Å². The molecule has 0 fully saturated rings. The number of thiazole rings is 1. The summed E-state index contributed by atoms with van der Waals surface area (Å²) in [5.41, 5.74) is 7.76. The molecule has 0 saturated heterocycles. The van der Waals surface area contributed by atoms with Crippen molar-refractivity contribution in [2.75, 3.05) is 0 Å². The van der Waals surface area contributed by atoms with E-state index >= 15 is 0 Å². The molecule has 2 rings (SSSR count). The Hall–Kier alpha value is -1.79. The molecule has 0 bridgehead atoms. The van der Waals surface area contributed by atoms with Crippen LogP contribution in [-0.4, -0.2) is 15.9 Å². The van der Waals surface area contributed by atoms with E-state index in [-0.39, 0.29) is 5.91 Å². The highest BCUT2D eigenvalue weighted by atomic mass is 32.1. The zero-order valence-corrected chi connectivity index (χ0v) is 11.8. The van der Waals surface area contributed by atoms with Crippen molar-refractivity contribution in [2.24, 2.45) is 5.73 Å². The standard InChI is InChI=1S/C13H16N4OS/c1-8-3-10(4-14)16-7-12(8)13(18)17-6-11-5-15-9(2)19-11/h3,5,7H,4,6,14H2,1-2H3,(H,17,18). The number of hydrogen-bond acceptors (Lipinski definition) is 5. The molecule has 0 atom stereocenters. The molecule has 0 spiro atoms. The highest BCUT2D eigenvalue weighted by molar-refractivity contribution is 7.11. The fourth-order valence-electron chi connectivity index (χ4n) is 1.71. The number of aromatic nitrogens is 2. The fourth-order valence-corrected chi connectivity index (χ4v) is 2.45. The Morgan fingerprint density at radius 3 is 2.74 bits per heavy atom. The zero-order valence-electron chi connectivity index (χ0n) is 10.9. The molecular weight excluding hydrogens is 260 g/mol. The Morgan fingerprint density at radius 2 is 2.16 bits per heavy atom. The summed E-state index contributed by atoms with van der Waals surface area (Å²) in [6.45, 7) is 4.69. The van der Waals surface area contributed by atoms with E-state index in [4.69, 9.17) is 5.73 Å². The Balaban J connectivity index is 2.03. The third kappa shape index (κ3) is 3.36. The number of nitrogens with one attached hydrogen (secondary N) is 1. The lowest BCUT2D eigenvalue weighted by Gasteiger charge is -2.07. The number of carbonyl (C=O) groups is 1. The quantitative estimate of drug-likeness (QED) is 0.887. The van der Waals surface area contributed by atoms with E-state index in [1.54, 1.807) is 23.7 Å². The summed E-state index contributed by atoms with van der Waals surface area (Å²) >= 11 is 1.58. The third-order valence-corrected chi connectivity index (χ3v) is 3.63. The first-order chi connectivity index (χ1) is 9.10. The smallest absolute Gasteiger partial charge is 0.253 e. The van der Waals surface area contributed by atoms with E-state index in [1.165, 1.54) is 0 Å². The third-order valence-electron chi connectivity index (χ3n) is 2.71. The van der Waals surface area contributed by atoms with Gasteiger partial charge in [-0.1, -0.05) is 0 Å². The van der Waals surface area contributed by atoms with E-state index in [0.29, 0.717) is 18.7 Å². The monoisotopic (exact) mass is 276 g/mol. The summed E-state index contributed by atoms with van der Waals surface area (Å²) in [5, 5.41) is 3.86. The number of hydrogen-bond donors (Lipinski definition) is 2. The van der Waals surface area contributed by atoms with Crippen LogP contribution in [0, 0.1) is 13.8 Å². The number of aryl methyl sites for hydroxylation is 2. The molecule has 6 heteroatoms. The van der Waals surface area contributed by atoms with E-state index in [2.05, 4.69) is 15.3 Å². The Bertz CT molecular complexity index is 594. The maximum absolute atomic E-state index is 12.0. The average Bonchev–Trinajstić information content (AvgIpc) is 2.81. The van der Waals surface area contributed by atoms with Gasteiger partial charge in [0.25, 0.3) is 5.91 Å². The van der Waals surface area contributed by atoms with Crippen LogP contribution in [0.4, 0.5) is 0 Å². The van der Waals surface area contributed by atoms with Crippen LogP contribution >= 0.6 is 11.3 Å². The van der Waals surface area contributed by atoms with Gasteiger partial charge in [0, 0.05) is 23.8 Å². The van der Waals surface area contributed by atoms with Gasteiger partial charge in [-0.3, -0.25) is 9.78 Å². The van der Waals surface area contributed by atoms with Gasteiger partial charge < -0.3 is 11.1 Å². The van der Waals surface area contributed by atoms with Crippen LogP contribution in [0.2, 0.25) is 0 Å². The van der Waals surface area contributed by atoms with Crippen LogP contribution in [0.15, 0.2) is 18.5 Å². The summed E-state index contributed by atoms with van der Waals surface area (Å²) < 4.78 is 0. The second-order valence-electron chi connectivity index (χ2n) is 4.22. The van der Waals surface area contributed by atoms with Crippen LogP contribution in [-0.2, 0) is 13.1 Å². The van der Waals surface area contributed by atoms with E-state index < -0.39 is 0 Å². The first-order valence-corrected chi connectivity index (χ1v) is 6.77. The number of amides is 1. The molecule has 0 unspecified atom stereocenters. The normalized spacial score (nSPS) is 10.5. The summed E-state index contributed by atoms with van der Waals surface area (Å²) in [6.07, 6.45) is 3.35. The molecule has 2 aromatic rings. The maximum Gasteiger partial charge on any atom is 0.253 e. The van der Waals surface area contributed by atoms with Gasteiger partial charge >= 0.3 is 0 Å². The lowest BCUT2D eigenvalue weighted by Crippen LogP contribution is -2.23. The molecule has 2 aromatic heterocycles. The van der Waals surface area contributed by atoms with Crippen LogP contribution in [0.5, 0.6) is 0 Å². The predicted octanol–water partition coefficient (Wildman–Crippen LogP) is 1.54. The van der Waals surface area contributed by atoms with Gasteiger partial charge in [0.2, 0.25) is 0 Å². The first-order valence-electron chi connectivity index (χ1n) is 5.95. The first kappa shape index (κ1) is 13.6. The van der Waals surface area contributed by atoms with E-state index in [0.717, 1.165) is 21.1 Å². The predicted molar refractivity (Wildman–Crippen MR) is 74.9 cm³/mol. The van der Waals surface area contributed by atoms with Gasteiger partial charge in [-0.25, -0.2) is 4.98 Å². The van der Waals surface area contributed by atoms with Gasteiger partial charge in [0.1, 0.15) is 0 Å². The molecular formula is C13H16N4OS. The molecule has 3 N–H and O–H groups in total. The minimum atomic E-state index is -0.125. The van der Waals surface area contributed by atoms with Gasteiger partial charge in [-0.05, 0) is 25.5 Å². The van der Waals surface area contributed by atoms with Crippen molar-refractivity contribution in [2.45, 2.75) is 26.9 Å². The molecule has 0 aliphatic heterocycles. The van der Waals surface area contributed by atoms with Crippen LogP contribution in [0.25, 0.3) is 0 Å². The topological polar surface area (TPSA) is 80.9 Å². The van der Waals surface area contributed by atoms with Crippen molar-refractivity contribution in [3.63, 3.8) is 0 Å². The highest BCUT2D eigenvalue weighted by Gasteiger charge is 2.10. The Morgan fingerprint density at radius 1 is 1.37 bits per heavy atom. The molecule has 0 radical (unpaired) electrons. The molecule has 1 amide bonds.